The van der Waals surface area contributed by atoms with Crippen LogP contribution in [0.4, 0.5) is 10.8 Å². The van der Waals surface area contributed by atoms with Gasteiger partial charge in [-0.05, 0) is 18.5 Å². The maximum absolute atomic E-state index is 12.0. The molecule has 2 unspecified atom stereocenters. The van der Waals surface area contributed by atoms with Gasteiger partial charge in [0.2, 0.25) is 0 Å². The van der Waals surface area contributed by atoms with E-state index in [1.54, 1.807) is 13.8 Å². The second-order valence-corrected chi connectivity index (χ2v) is 7.84. The van der Waals surface area contributed by atoms with Crippen molar-refractivity contribution in [3.05, 3.63) is 0 Å². The van der Waals surface area contributed by atoms with Gasteiger partial charge in [-0.3, -0.25) is 0 Å². The molecule has 4 N–H and O–H groups in total. The van der Waals surface area contributed by atoms with Crippen molar-refractivity contribution >= 4 is 32.2 Å². The standard InChI is InChI=1S/C11H19N3O4S2/c1-3-20(16,17)8-9(12)14-19-10(8)13-6-11(15)4-5-18-7(11)2/h7,13,15H,3-6H2,1-2H3,(H2,12,14). The number of hydrogen-bond donors (Lipinski definition) is 3. The smallest absolute Gasteiger partial charge is 0.184 e. The molecule has 0 radical (unpaired) electrons. The number of anilines is 2. The van der Waals surface area contributed by atoms with Crippen molar-refractivity contribution in [3.8, 4) is 0 Å². The van der Waals surface area contributed by atoms with Crippen LogP contribution in [-0.4, -0.2) is 48.5 Å². The predicted molar refractivity (Wildman–Crippen MR) is 77.7 cm³/mol. The van der Waals surface area contributed by atoms with E-state index >= 15 is 0 Å². The zero-order valence-corrected chi connectivity index (χ0v) is 13.1. The molecule has 0 spiro atoms. The topological polar surface area (TPSA) is 115 Å². The van der Waals surface area contributed by atoms with Gasteiger partial charge in [-0.15, -0.1) is 0 Å². The van der Waals surface area contributed by atoms with Crippen LogP contribution in [0.3, 0.4) is 0 Å². The Bertz CT molecular complexity index is 586. The van der Waals surface area contributed by atoms with Gasteiger partial charge >= 0.3 is 0 Å². The van der Waals surface area contributed by atoms with Crippen molar-refractivity contribution in [1.82, 2.24) is 4.37 Å². The lowest BCUT2D eigenvalue weighted by atomic mass is 9.97. The van der Waals surface area contributed by atoms with Gasteiger partial charge in [0.05, 0.1) is 11.9 Å². The van der Waals surface area contributed by atoms with E-state index in [0.717, 1.165) is 11.5 Å². The lowest BCUT2D eigenvalue weighted by Crippen LogP contribution is -2.43. The Morgan fingerprint density at radius 1 is 1.65 bits per heavy atom. The quantitative estimate of drug-likeness (QED) is 0.722. The molecule has 7 nitrogen and oxygen atoms in total. The molecular weight excluding hydrogens is 302 g/mol. The van der Waals surface area contributed by atoms with Crippen LogP contribution in [0.2, 0.25) is 0 Å². The summed E-state index contributed by atoms with van der Waals surface area (Å²) in [4.78, 5) is 0.0279. The third-order valence-corrected chi connectivity index (χ3v) is 6.32. The summed E-state index contributed by atoms with van der Waals surface area (Å²) in [7, 11) is -3.45. The minimum absolute atomic E-state index is 0.00191. The molecular formula is C11H19N3O4S2. The van der Waals surface area contributed by atoms with Crippen molar-refractivity contribution in [3.63, 3.8) is 0 Å². The second-order valence-electron chi connectivity index (χ2n) is 4.85. The fourth-order valence-electron chi connectivity index (χ4n) is 2.09. The number of nitrogen functional groups attached to an aromatic ring is 1. The third-order valence-electron chi connectivity index (χ3n) is 3.58. The summed E-state index contributed by atoms with van der Waals surface area (Å²) in [6.45, 7) is 4.03. The van der Waals surface area contributed by atoms with Gasteiger partial charge in [0.1, 0.15) is 15.5 Å². The van der Waals surface area contributed by atoms with Gasteiger partial charge in [0.15, 0.2) is 15.7 Å². The van der Waals surface area contributed by atoms with Crippen LogP contribution >= 0.6 is 11.5 Å². The molecule has 1 aliphatic rings. The molecule has 1 aromatic heterocycles. The minimum atomic E-state index is -3.45. The van der Waals surface area contributed by atoms with Crippen LogP contribution in [0.15, 0.2) is 4.90 Å². The summed E-state index contributed by atoms with van der Waals surface area (Å²) < 4.78 is 33.2. The van der Waals surface area contributed by atoms with E-state index in [1.165, 1.54) is 0 Å². The Morgan fingerprint density at radius 2 is 2.35 bits per heavy atom. The minimum Gasteiger partial charge on any atom is -0.385 e. The Kier molecular flexibility index (Phi) is 4.24. The molecule has 114 valence electrons. The van der Waals surface area contributed by atoms with Crippen LogP contribution in [-0.2, 0) is 14.6 Å². The first-order valence-corrected chi connectivity index (χ1v) is 8.78. The van der Waals surface area contributed by atoms with Crippen LogP contribution in [0.5, 0.6) is 0 Å². The first-order chi connectivity index (χ1) is 9.30. The first kappa shape index (κ1) is 15.5. The van der Waals surface area contributed by atoms with Gasteiger partial charge in [-0.25, -0.2) is 8.42 Å². The molecule has 0 amide bonds. The number of sulfone groups is 1. The van der Waals surface area contributed by atoms with E-state index in [9.17, 15) is 13.5 Å². The largest absolute Gasteiger partial charge is 0.385 e. The van der Waals surface area contributed by atoms with Crippen molar-refractivity contribution in [1.29, 1.82) is 0 Å². The summed E-state index contributed by atoms with van der Waals surface area (Å²) in [6.07, 6.45) is 0.206. The number of aliphatic hydroxyl groups is 1. The molecule has 0 bridgehead atoms. The predicted octanol–water partition coefficient (Wildman–Crippen LogP) is 0.471. The Balaban J connectivity index is 2.19. The molecule has 1 fully saturated rings. The molecule has 2 atom stereocenters. The van der Waals surface area contributed by atoms with E-state index < -0.39 is 15.4 Å². The van der Waals surface area contributed by atoms with Gasteiger partial charge in [-0.1, -0.05) is 6.92 Å². The number of nitrogens with two attached hydrogens (primary N) is 1. The number of ether oxygens (including phenoxy) is 1. The van der Waals surface area contributed by atoms with Crippen molar-refractivity contribution in [2.75, 3.05) is 30.0 Å². The maximum Gasteiger partial charge on any atom is 0.184 e. The number of hydrogen-bond acceptors (Lipinski definition) is 8. The van der Waals surface area contributed by atoms with Crippen molar-refractivity contribution < 1.29 is 18.3 Å². The van der Waals surface area contributed by atoms with Gasteiger partial charge in [0, 0.05) is 19.6 Å². The molecule has 0 saturated carbocycles. The molecule has 9 heteroatoms. The molecule has 20 heavy (non-hydrogen) atoms. The van der Waals surface area contributed by atoms with Gasteiger partial charge in [0.25, 0.3) is 0 Å². The zero-order valence-electron chi connectivity index (χ0n) is 11.4. The Labute approximate surface area is 122 Å². The molecule has 2 heterocycles. The van der Waals surface area contributed by atoms with E-state index in [0.29, 0.717) is 18.0 Å². The summed E-state index contributed by atoms with van der Waals surface area (Å²) in [5.41, 5.74) is 4.63. The lowest BCUT2D eigenvalue weighted by molar-refractivity contribution is -0.0175. The van der Waals surface area contributed by atoms with E-state index in [1.807, 2.05) is 0 Å². The van der Waals surface area contributed by atoms with E-state index in [-0.39, 0.29) is 29.1 Å². The maximum atomic E-state index is 12.0. The second kappa shape index (κ2) is 5.47. The molecule has 0 aromatic carbocycles. The molecule has 1 saturated heterocycles. The first-order valence-electron chi connectivity index (χ1n) is 6.36. The Morgan fingerprint density at radius 3 is 2.90 bits per heavy atom. The monoisotopic (exact) mass is 321 g/mol. The summed E-state index contributed by atoms with van der Waals surface area (Å²) in [6, 6.07) is 0. The highest BCUT2D eigenvalue weighted by Gasteiger charge is 2.39. The highest BCUT2D eigenvalue weighted by atomic mass is 32.2. The fourth-order valence-corrected chi connectivity index (χ4v) is 4.25. The number of nitrogens with one attached hydrogen (secondary N) is 1. The van der Waals surface area contributed by atoms with Gasteiger partial charge in [-0.2, -0.15) is 4.37 Å². The molecule has 1 aromatic rings. The van der Waals surface area contributed by atoms with Crippen LogP contribution in [0.25, 0.3) is 0 Å². The van der Waals surface area contributed by atoms with E-state index in [4.69, 9.17) is 10.5 Å². The Hall–Kier alpha value is -0.900. The highest BCUT2D eigenvalue weighted by Crippen LogP contribution is 2.34. The zero-order chi connectivity index (χ0) is 15.0. The lowest BCUT2D eigenvalue weighted by Gasteiger charge is -2.26. The summed E-state index contributed by atoms with van der Waals surface area (Å²) in [5, 5.41) is 13.7. The van der Waals surface area contributed by atoms with Crippen LogP contribution in [0.1, 0.15) is 20.3 Å². The van der Waals surface area contributed by atoms with Gasteiger partial charge < -0.3 is 20.9 Å². The van der Waals surface area contributed by atoms with E-state index in [2.05, 4.69) is 9.69 Å². The average Bonchev–Trinajstić information content (AvgIpc) is 2.92. The number of nitrogens with zero attached hydrogens (tertiary/aromatic N) is 1. The van der Waals surface area contributed by atoms with Crippen LogP contribution in [0, 0.1) is 0 Å². The molecule has 2 rings (SSSR count). The number of aromatic nitrogens is 1. The summed E-state index contributed by atoms with van der Waals surface area (Å²) >= 11 is 0.985. The normalized spacial score (nSPS) is 26.9. The third kappa shape index (κ3) is 2.76. The van der Waals surface area contributed by atoms with Crippen molar-refractivity contribution in [2.24, 2.45) is 0 Å². The summed E-state index contributed by atoms with van der Waals surface area (Å²) in [5.74, 6) is -0.0456. The van der Waals surface area contributed by atoms with Crippen molar-refractivity contribution in [2.45, 2.75) is 36.9 Å². The highest BCUT2D eigenvalue weighted by molar-refractivity contribution is 7.91. The number of rotatable bonds is 5. The molecule has 1 aliphatic heterocycles. The average molecular weight is 321 g/mol. The fraction of sp³-hybridized carbons (Fsp3) is 0.727. The van der Waals surface area contributed by atoms with Crippen LogP contribution < -0.4 is 11.1 Å². The molecule has 0 aliphatic carbocycles. The SMILES string of the molecule is CCS(=O)(=O)c1c(N)nsc1NCC1(O)CCOC1C.